The molecule has 0 heterocycles. The topological polar surface area (TPSA) is 122 Å². The van der Waals surface area contributed by atoms with Crippen LogP contribution in [0.25, 0.3) is 11.1 Å². The second kappa shape index (κ2) is 12.1. The van der Waals surface area contributed by atoms with Gasteiger partial charge in [0, 0.05) is 12.5 Å². The molecule has 1 unspecified atom stereocenters. The van der Waals surface area contributed by atoms with Gasteiger partial charge in [0.1, 0.15) is 19.2 Å². The van der Waals surface area contributed by atoms with E-state index in [1.165, 1.54) is 7.11 Å². The fourth-order valence-electron chi connectivity index (χ4n) is 4.61. The van der Waals surface area contributed by atoms with Gasteiger partial charge in [0.2, 0.25) is 5.91 Å². The summed E-state index contributed by atoms with van der Waals surface area (Å²) in [4.78, 5) is 50.8. The molecule has 1 atom stereocenters. The van der Waals surface area contributed by atoms with Crippen molar-refractivity contribution in [2.75, 3.05) is 20.3 Å². The molecular weight excluding hydrogens is 488 g/mol. The van der Waals surface area contributed by atoms with Crippen molar-refractivity contribution in [1.29, 1.82) is 0 Å². The fraction of sp³-hybridized carbons (Fsp3) is 0.241. The van der Waals surface area contributed by atoms with Gasteiger partial charge in [-0.25, -0.2) is 4.79 Å². The van der Waals surface area contributed by atoms with E-state index in [0.29, 0.717) is 0 Å². The largest absolute Gasteiger partial charge is 0.481 e. The SMILES string of the molecule is COC(=O)CN(Cc1ccccc1)C(=O)C(CC(=O)O)NC(=O)OCC1c2ccccc2-c2ccccc21. The lowest BCUT2D eigenvalue weighted by molar-refractivity contribution is -0.149. The van der Waals surface area contributed by atoms with Crippen LogP contribution in [0.5, 0.6) is 0 Å². The van der Waals surface area contributed by atoms with Gasteiger partial charge < -0.3 is 24.8 Å². The van der Waals surface area contributed by atoms with Crippen molar-refractivity contribution in [3.63, 3.8) is 0 Å². The number of nitrogens with zero attached hydrogens (tertiary/aromatic N) is 1. The first kappa shape index (κ1) is 26.4. The Labute approximate surface area is 220 Å². The van der Waals surface area contributed by atoms with Crippen LogP contribution < -0.4 is 5.32 Å². The average Bonchev–Trinajstić information content (AvgIpc) is 3.24. The average molecular weight is 517 g/mol. The van der Waals surface area contributed by atoms with E-state index in [2.05, 4.69) is 5.32 Å². The number of carboxylic acids is 1. The van der Waals surface area contributed by atoms with E-state index < -0.39 is 42.9 Å². The minimum Gasteiger partial charge on any atom is -0.481 e. The number of nitrogens with one attached hydrogen (secondary N) is 1. The smallest absolute Gasteiger partial charge is 0.407 e. The molecule has 2 amide bonds. The summed E-state index contributed by atoms with van der Waals surface area (Å²) < 4.78 is 10.2. The Bertz CT molecular complexity index is 1280. The molecule has 0 radical (unpaired) electrons. The third-order valence-electron chi connectivity index (χ3n) is 6.39. The van der Waals surface area contributed by atoms with Crippen molar-refractivity contribution in [1.82, 2.24) is 10.2 Å². The number of aliphatic carboxylic acids is 1. The molecule has 0 fully saturated rings. The number of ether oxygens (including phenoxy) is 2. The summed E-state index contributed by atoms with van der Waals surface area (Å²) in [5.74, 6) is -2.91. The number of carbonyl (C=O) groups excluding carboxylic acids is 3. The maximum Gasteiger partial charge on any atom is 0.407 e. The normalized spacial score (nSPS) is 12.6. The quantitative estimate of drug-likeness (QED) is 0.395. The van der Waals surface area contributed by atoms with E-state index in [0.717, 1.165) is 32.7 Å². The maximum absolute atomic E-state index is 13.3. The Hall–Kier alpha value is -4.66. The van der Waals surface area contributed by atoms with Crippen LogP contribution >= 0.6 is 0 Å². The Morgan fingerprint density at radius 2 is 1.47 bits per heavy atom. The number of methoxy groups -OCH3 is 1. The number of hydrogen-bond acceptors (Lipinski definition) is 6. The summed E-state index contributed by atoms with van der Waals surface area (Å²) in [5.41, 5.74) is 4.89. The van der Waals surface area contributed by atoms with E-state index in [1.54, 1.807) is 24.3 Å². The van der Waals surface area contributed by atoms with Crippen molar-refractivity contribution in [2.45, 2.75) is 24.9 Å². The molecule has 0 bridgehead atoms. The lowest BCUT2D eigenvalue weighted by Gasteiger charge is -2.26. The zero-order valence-electron chi connectivity index (χ0n) is 20.8. The third kappa shape index (κ3) is 6.18. The monoisotopic (exact) mass is 516 g/mol. The van der Waals surface area contributed by atoms with E-state index in [-0.39, 0.29) is 19.1 Å². The molecule has 9 heteroatoms. The molecule has 2 N–H and O–H groups in total. The Morgan fingerprint density at radius 3 is 2.05 bits per heavy atom. The van der Waals surface area contributed by atoms with Crippen molar-refractivity contribution in [3.05, 3.63) is 95.6 Å². The number of alkyl carbamates (subject to hydrolysis) is 1. The Balaban J connectivity index is 1.47. The summed E-state index contributed by atoms with van der Waals surface area (Å²) in [7, 11) is 1.19. The first-order chi connectivity index (χ1) is 18.4. The van der Waals surface area contributed by atoms with Gasteiger partial charge in [0.05, 0.1) is 13.5 Å². The maximum atomic E-state index is 13.3. The first-order valence-electron chi connectivity index (χ1n) is 12.1. The van der Waals surface area contributed by atoms with Crippen molar-refractivity contribution >= 4 is 23.9 Å². The van der Waals surface area contributed by atoms with Crippen LogP contribution in [0.15, 0.2) is 78.9 Å². The van der Waals surface area contributed by atoms with E-state index in [1.807, 2.05) is 54.6 Å². The van der Waals surface area contributed by atoms with E-state index >= 15 is 0 Å². The minimum atomic E-state index is -1.45. The molecule has 3 aromatic rings. The minimum absolute atomic E-state index is 0.00370. The molecule has 4 rings (SSSR count). The molecule has 0 aliphatic heterocycles. The van der Waals surface area contributed by atoms with Crippen LogP contribution in [0.2, 0.25) is 0 Å². The third-order valence-corrected chi connectivity index (χ3v) is 6.39. The van der Waals surface area contributed by atoms with Crippen LogP contribution in [0.1, 0.15) is 29.0 Å². The summed E-state index contributed by atoms with van der Waals surface area (Å²) in [6, 6.07) is 23.2. The second-order valence-corrected chi connectivity index (χ2v) is 8.88. The molecule has 0 aromatic heterocycles. The van der Waals surface area contributed by atoms with Crippen LogP contribution in [0, 0.1) is 0 Å². The molecule has 1 aliphatic rings. The van der Waals surface area contributed by atoms with Crippen LogP contribution in [0.4, 0.5) is 4.79 Å². The van der Waals surface area contributed by atoms with Gasteiger partial charge in [-0.1, -0.05) is 78.9 Å². The molecule has 9 nitrogen and oxygen atoms in total. The lowest BCUT2D eigenvalue weighted by Crippen LogP contribution is -2.50. The molecule has 3 aromatic carbocycles. The van der Waals surface area contributed by atoms with Crippen LogP contribution in [-0.2, 0) is 30.4 Å². The van der Waals surface area contributed by atoms with Crippen molar-refractivity contribution in [3.8, 4) is 11.1 Å². The van der Waals surface area contributed by atoms with Gasteiger partial charge in [0.25, 0.3) is 0 Å². The Morgan fingerprint density at radius 1 is 0.895 bits per heavy atom. The highest BCUT2D eigenvalue weighted by Gasteiger charge is 2.32. The standard InChI is InChI=1S/C29H28N2O7/c1-37-27(34)17-31(16-19-9-3-2-4-10-19)28(35)25(15-26(32)33)30-29(36)38-18-24-22-13-7-5-11-20(22)21-12-6-8-14-23(21)24/h2-14,24-25H,15-18H2,1H3,(H,30,36)(H,32,33). The predicted octanol–water partition coefficient (Wildman–Crippen LogP) is 3.57. The second-order valence-electron chi connectivity index (χ2n) is 8.88. The van der Waals surface area contributed by atoms with Gasteiger partial charge in [0.15, 0.2) is 0 Å². The number of benzene rings is 3. The number of hydrogen-bond donors (Lipinski definition) is 2. The molecule has 1 aliphatic carbocycles. The van der Waals surface area contributed by atoms with E-state index in [4.69, 9.17) is 9.47 Å². The molecule has 38 heavy (non-hydrogen) atoms. The summed E-state index contributed by atoms with van der Waals surface area (Å²) >= 11 is 0. The number of carbonyl (C=O) groups is 4. The number of esters is 1. The van der Waals surface area contributed by atoms with Gasteiger partial charge in [-0.2, -0.15) is 0 Å². The molecule has 0 saturated carbocycles. The lowest BCUT2D eigenvalue weighted by atomic mass is 9.98. The molecule has 0 saturated heterocycles. The van der Waals surface area contributed by atoms with Gasteiger partial charge >= 0.3 is 18.0 Å². The highest BCUT2D eigenvalue weighted by Crippen LogP contribution is 2.44. The number of amides is 2. The summed E-state index contributed by atoms with van der Waals surface area (Å²) in [6.45, 7) is -0.381. The highest BCUT2D eigenvalue weighted by atomic mass is 16.5. The zero-order chi connectivity index (χ0) is 27.1. The summed E-state index contributed by atoms with van der Waals surface area (Å²) in [6.07, 6.45) is -1.61. The molecule has 0 spiro atoms. The number of rotatable bonds is 10. The first-order valence-corrected chi connectivity index (χ1v) is 12.1. The zero-order valence-corrected chi connectivity index (χ0v) is 20.8. The number of fused-ring (bicyclic) bond motifs is 3. The highest BCUT2D eigenvalue weighted by molar-refractivity contribution is 5.91. The van der Waals surface area contributed by atoms with Gasteiger partial charge in [-0.3, -0.25) is 14.4 Å². The molecule has 196 valence electrons. The van der Waals surface area contributed by atoms with E-state index in [9.17, 15) is 24.3 Å². The van der Waals surface area contributed by atoms with Crippen LogP contribution in [-0.4, -0.2) is 60.2 Å². The van der Waals surface area contributed by atoms with Gasteiger partial charge in [-0.05, 0) is 27.8 Å². The van der Waals surface area contributed by atoms with Gasteiger partial charge in [-0.15, -0.1) is 0 Å². The number of carboxylic acid groups (broad SMARTS) is 1. The van der Waals surface area contributed by atoms with Crippen molar-refractivity contribution < 1.29 is 33.8 Å². The Kier molecular flexibility index (Phi) is 8.37. The van der Waals surface area contributed by atoms with Crippen molar-refractivity contribution in [2.24, 2.45) is 0 Å². The van der Waals surface area contributed by atoms with Crippen LogP contribution in [0.3, 0.4) is 0 Å². The fourth-order valence-corrected chi connectivity index (χ4v) is 4.61. The molecular formula is C29H28N2O7. The summed E-state index contributed by atoms with van der Waals surface area (Å²) in [5, 5.41) is 11.8. The predicted molar refractivity (Wildman–Crippen MR) is 138 cm³/mol.